The van der Waals surface area contributed by atoms with E-state index in [2.05, 4.69) is 24.1 Å². The average Bonchev–Trinajstić information content (AvgIpc) is 3.11. The monoisotopic (exact) mass is 402 g/mol. The molecule has 0 bridgehead atoms. The van der Waals surface area contributed by atoms with Crippen LogP contribution in [0.4, 0.5) is 10.3 Å². The van der Waals surface area contributed by atoms with Gasteiger partial charge in [0.25, 0.3) is 11.5 Å². The van der Waals surface area contributed by atoms with E-state index in [0.717, 1.165) is 25.8 Å². The van der Waals surface area contributed by atoms with Crippen molar-refractivity contribution in [1.29, 1.82) is 0 Å². The smallest absolute Gasteiger partial charge is 0.298 e. The van der Waals surface area contributed by atoms with E-state index >= 15 is 0 Å². The number of rotatable bonds is 8. The van der Waals surface area contributed by atoms with E-state index in [1.807, 2.05) is 4.90 Å². The normalized spacial score (nSPS) is 14.0. The van der Waals surface area contributed by atoms with E-state index in [-0.39, 0.29) is 18.1 Å². The zero-order chi connectivity index (χ0) is 21.0. The quantitative estimate of drug-likeness (QED) is 0.709. The molecule has 1 aliphatic rings. The van der Waals surface area contributed by atoms with Gasteiger partial charge in [-0.2, -0.15) is 0 Å². The Labute approximate surface area is 169 Å². The molecule has 1 unspecified atom stereocenters. The lowest BCUT2D eigenvalue weighted by Crippen LogP contribution is -2.31. The number of hydrogen-bond donors (Lipinski definition) is 2. The van der Waals surface area contributed by atoms with E-state index in [1.165, 1.54) is 16.7 Å². The lowest BCUT2D eigenvalue weighted by Gasteiger charge is -2.22. The van der Waals surface area contributed by atoms with Crippen molar-refractivity contribution in [2.75, 3.05) is 18.0 Å². The van der Waals surface area contributed by atoms with Crippen LogP contribution >= 0.6 is 0 Å². The van der Waals surface area contributed by atoms with Crippen LogP contribution in [0.2, 0.25) is 0 Å². The largest absolute Gasteiger partial charge is 0.501 e. The maximum absolute atomic E-state index is 13.0. The lowest BCUT2D eigenvalue weighted by molar-refractivity contribution is 0.0942. The second-order valence-electron chi connectivity index (χ2n) is 7.57. The fraction of sp³-hybridized carbons (Fsp3) is 0.476. The third kappa shape index (κ3) is 4.75. The molecular weight excluding hydrogens is 375 g/mol. The first kappa shape index (κ1) is 20.8. The Morgan fingerprint density at radius 2 is 2.03 bits per heavy atom. The standard InChI is InChI=1S/C21H27FN4O3/c1-3-4-5-14(2)13-25-10-11-26-20(29)18(27)17(24-21(25)26)19(28)23-12-15-6-8-16(22)9-7-15/h6-9,14,27H,3-5,10-13H2,1-2H3,(H,23,28). The van der Waals surface area contributed by atoms with E-state index in [1.54, 1.807) is 12.1 Å². The summed E-state index contributed by atoms with van der Waals surface area (Å²) >= 11 is 0. The van der Waals surface area contributed by atoms with Gasteiger partial charge in [0, 0.05) is 26.2 Å². The first-order valence-corrected chi connectivity index (χ1v) is 10.0. The number of nitrogens with one attached hydrogen (secondary N) is 1. The lowest BCUT2D eigenvalue weighted by atomic mass is 10.0. The van der Waals surface area contributed by atoms with Crippen LogP contribution in [0.1, 0.15) is 49.2 Å². The molecule has 156 valence electrons. The van der Waals surface area contributed by atoms with Gasteiger partial charge >= 0.3 is 0 Å². The number of fused-ring (bicyclic) bond motifs is 1. The van der Waals surface area contributed by atoms with Crippen molar-refractivity contribution in [3.05, 3.63) is 51.7 Å². The highest BCUT2D eigenvalue weighted by Crippen LogP contribution is 2.23. The number of unbranched alkanes of at least 4 members (excludes halogenated alkanes) is 1. The fourth-order valence-corrected chi connectivity index (χ4v) is 3.52. The number of amides is 1. The molecule has 0 saturated heterocycles. The van der Waals surface area contributed by atoms with Gasteiger partial charge in [0.15, 0.2) is 5.69 Å². The summed E-state index contributed by atoms with van der Waals surface area (Å²) in [7, 11) is 0. The van der Waals surface area contributed by atoms with Crippen LogP contribution < -0.4 is 15.8 Å². The van der Waals surface area contributed by atoms with Gasteiger partial charge in [-0.15, -0.1) is 0 Å². The van der Waals surface area contributed by atoms with E-state index in [0.29, 0.717) is 30.5 Å². The second-order valence-corrected chi connectivity index (χ2v) is 7.57. The molecule has 1 amide bonds. The summed E-state index contributed by atoms with van der Waals surface area (Å²) in [6.07, 6.45) is 3.35. The molecule has 0 fully saturated rings. The third-order valence-electron chi connectivity index (χ3n) is 5.17. The summed E-state index contributed by atoms with van der Waals surface area (Å²) in [5, 5.41) is 12.9. The minimum Gasteiger partial charge on any atom is -0.501 e. The maximum Gasteiger partial charge on any atom is 0.298 e. The van der Waals surface area contributed by atoms with Gasteiger partial charge in [0.05, 0.1) is 0 Å². The first-order chi connectivity index (χ1) is 13.9. The molecule has 0 saturated carbocycles. The average molecular weight is 402 g/mol. The number of anilines is 1. The molecule has 0 radical (unpaired) electrons. The predicted molar refractivity (Wildman–Crippen MR) is 109 cm³/mol. The molecule has 2 N–H and O–H groups in total. The Bertz CT molecular complexity index is 927. The SMILES string of the molecule is CCCCC(C)CN1CCn2c1nc(C(=O)NCc1ccc(F)cc1)c(O)c2=O. The number of aromatic nitrogens is 2. The van der Waals surface area contributed by atoms with E-state index < -0.39 is 17.2 Å². The zero-order valence-corrected chi connectivity index (χ0v) is 16.8. The highest BCUT2D eigenvalue weighted by atomic mass is 19.1. The topological polar surface area (TPSA) is 87.5 Å². The number of aromatic hydroxyl groups is 1. The Balaban J connectivity index is 1.77. The fourth-order valence-electron chi connectivity index (χ4n) is 3.52. The van der Waals surface area contributed by atoms with Crippen molar-refractivity contribution in [2.45, 2.75) is 46.2 Å². The highest BCUT2D eigenvalue weighted by Gasteiger charge is 2.28. The molecule has 29 heavy (non-hydrogen) atoms. The minimum absolute atomic E-state index is 0.135. The molecule has 1 aliphatic heterocycles. The second kappa shape index (κ2) is 9.07. The van der Waals surface area contributed by atoms with Gasteiger partial charge in [-0.3, -0.25) is 14.2 Å². The Morgan fingerprint density at radius 1 is 1.31 bits per heavy atom. The van der Waals surface area contributed by atoms with Crippen LogP contribution in [0.25, 0.3) is 0 Å². The van der Waals surface area contributed by atoms with Gasteiger partial charge in [0.1, 0.15) is 5.82 Å². The maximum atomic E-state index is 13.0. The Morgan fingerprint density at radius 3 is 2.72 bits per heavy atom. The molecule has 8 heteroatoms. The molecule has 3 rings (SSSR count). The van der Waals surface area contributed by atoms with E-state index in [4.69, 9.17) is 0 Å². The van der Waals surface area contributed by atoms with Crippen LogP contribution in [0, 0.1) is 11.7 Å². The van der Waals surface area contributed by atoms with E-state index in [9.17, 15) is 19.1 Å². The molecular formula is C21H27FN4O3. The summed E-state index contributed by atoms with van der Waals surface area (Å²) in [5.74, 6) is -0.797. The van der Waals surface area contributed by atoms with Crippen LogP contribution in [0.5, 0.6) is 5.75 Å². The van der Waals surface area contributed by atoms with Gasteiger partial charge in [0.2, 0.25) is 11.7 Å². The predicted octanol–water partition coefficient (Wildman–Crippen LogP) is 2.66. The summed E-state index contributed by atoms with van der Waals surface area (Å²) in [4.78, 5) is 31.4. The number of carbonyl (C=O) groups excluding carboxylic acids is 1. The van der Waals surface area contributed by atoms with Crippen molar-refractivity contribution >= 4 is 11.9 Å². The van der Waals surface area contributed by atoms with Crippen LogP contribution in [0.15, 0.2) is 29.1 Å². The molecule has 1 aromatic heterocycles. The molecule has 0 aliphatic carbocycles. The van der Waals surface area contributed by atoms with Crippen molar-refractivity contribution in [1.82, 2.24) is 14.9 Å². The number of halogens is 1. The summed E-state index contributed by atoms with van der Waals surface area (Å²) in [6.45, 7) is 6.25. The van der Waals surface area contributed by atoms with Crippen LogP contribution in [-0.2, 0) is 13.1 Å². The molecule has 1 atom stereocenters. The van der Waals surface area contributed by atoms with Crippen LogP contribution in [-0.4, -0.2) is 33.7 Å². The van der Waals surface area contributed by atoms with Crippen molar-refractivity contribution in [3.8, 4) is 5.75 Å². The number of hydrogen-bond acceptors (Lipinski definition) is 5. The number of benzene rings is 1. The van der Waals surface area contributed by atoms with Crippen molar-refractivity contribution < 1.29 is 14.3 Å². The van der Waals surface area contributed by atoms with Crippen molar-refractivity contribution in [2.24, 2.45) is 5.92 Å². The number of carbonyl (C=O) groups is 1. The number of nitrogens with zero attached hydrogens (tertiary/aromatic N) is 3. The molecule has 1 aromatic carbocycles. The van der Waals surface area contributed by atoms with Gasteiger partial charge in [-0.25, -0.2) is 9.37 Å². The molecule has 7 nitrogen and oxygen atoms in total. The van der Waals surface area contributed by atoms with Gasteiger partial charge in [-0.1, -0.05) is 38.8 Å². The Kier molecular flexibility index (Phi) is 6.51. The summed E-state index contributed by atoms with van der Waals surface area (Å²) in [6, 6.07) is 5.72. The Hall–Kier alpha value is -2.90. The summed E-state index contributed by atoms with van der Waals surface area (Å²) < 4.78 is 14.4. The zero-order valence-electron chi connectivity index (χ0n) is 16.8. The minimum atomic E-state index is -0.647. The van der Waals surface area contributed by atoms with Crippen LogP contribution in [0.3, 0.4) is 0 Å². The van der Waals surface area contributed by atoms with Gasteiger partial charge < -0.3 is 15.3 Å². The first-order valence-electron chi connectivity index (χ1n) is 10.0. The van der Waals surface area contributed by atoms with Gasteiger partial charge in [-0.05, 0) is 30.0 Å². The molecule has 2 aromatic rings. The summed E-state index contributed by atoms with van der Waals surface area (Å²) in [5.41, 5.74) is -0.189. The third-order valence-corrected chi connectivity index (χ3v) is 5.17. The van der Waals surface area contributed by atoms with Crippen molar-refractivity contribution in [3.63, 3.8) is 0 Å². The highest BCUT2D eigenvalue weighted by molar-refractivity contribution is 5.95. The molecule has 0 spiro atoms. The molecule has 2 heterocycles.